The predicted molar refractivity (Wildman–Crippen MR) is 57.6 cm³/mol. The van der Waals surface area contributed by atoms with Gasteiger partial charge in [0, 0.05) is 10.3 Å². The molecule has 1 heterocycles. The number of thiazole rings is 1. The molecule has 1 aromatic heterocycles. The normalized spacial score (nSPS) is 10.4. The summed E-state index contributed by atoms with van der Waals surface area (Å²) in [5.41, 5.74) is 0. The molecular formula is C9H5ClFNS2. The Hall–Kier alpha value is -0.580. The molecule has 0 unspecified atom stereocenters. The average molecular weight is 246 g/mol. The monoisotopic (exact) mass is 245 g/mol. The van der Waals surface area contributed by atoms with Gasteiger partial charge in [-0.15, -0.1) is 11.3 Å². The summed E-state index contributed by atoms with van der Waals surface area (Å²) in [6.45, 7) is 0. The maximum Gasteiger partial charge on any atom is 0.156 e. The van der Waals surface area contributed by atoms with Gasteiger partial charge in [0.2, 0.25) is 0 Å². The Morgan fingerprint density at radius 1 is 1.43 bits per heavy atom. The molecule has 14 heavy (non-hydrogen) atoms. The van der Waals surface area contributed by atoms with Gasteiger partial charge in [-0.05, 0) is 18.2 Å². The first kappa shape index (κ1) is 9.96. The molecule has 1 nitrogen and oxygen atoms in total. The van der Waals surface area contributed by atoms with Crippen LogP contribution in [0.2, 0.25) is 5.15 Å². The number of hydrogen-bond acceptors (Lipinski definition) is 3. The molecule has 0 amide bonds. The maximum atomic E-state index is 12.8. The van der Waals surface area contributed by atoms with Gasteiger partial charge in [0.1, 0.15) is 11.0 Å². The molecule has 0 aliphatic heterocycles. The highest BCUT2D eigenvalue weighted by Crippen LogP contribution is 2.31. The Labute approximate surface area is 93.9 Å². The fraction of sp³-hybridized carbons (Fsp3) is 0. The first-order valence-electron chi connectivity index (χ1n) is 3.78. The van der Waals surface area contributed by atoms with Gasteiger partial charge >= 0.3 is 0 Å². The summed E-state index contributed by atoms with van der Waals surface area (Å²) >= 11 is 8.52. The van der Waals surface area contributed by atoms with E-state index in [2.05, 4.69) is 4.98 Å². The van der Waals surface area contributed by atoms with Crippen molar-refractivity contribution in [3.63, 3.8) is 0 Å². The van der Waals surface area contributed by atoms with Crippen LogP contribution in [0.15, 0.2) is 38.9 Å². The fourth-order valence-corrected chi connectivity index (χ4v) is 2.93. The molecule has 0 aliphatic carbocycles. The van der Waals surface area contributed by atoms with Crippen LogP contribution >= 0.6 is 34.7 Å². The number of hydrogen-bond donors (Lipinski definition) is 0. The quantitative estimate of drug-likeness (QED) is 0.791. The standard InChI is InChI=1S/C9H5ClFNS2/c10-8-5-13-9(12-8)14-7-3-1-2-6(11)4-7/h1-5H. The van der Waals surface area contributed by atoms with E-state index in [1.807, 2.05) is 6.07 Å². The van der Waals surface area contributed by atoms with Crippen molar-refractivity contribution in [3.05, 3.63) is 40.6 Å². The minimum absolute atomic E-state index is 0.238. The first-order valence-corrected chi connectivity index (χ1v) is 5.86. The van der Waals surface area contributed by atoms with Crippen LogP contribution in [0.1, 0.15) is 0 Å². The Morgan fingerprint density at radius 2 is 2.29 bits per heavy atom. The summed E-state index contributed by atoms with van der Waals surface area (Å²) in [6.07, 6.45) is 0. The van der Waals surface area contributed by atoms with E-state index >= 15 is 0 Å². The summed E-state index contributed by atoms with van der Waals surface area (Å²) in [7, 11) is 0. The number of nitrogens with zero attached hydrogens (tertiary/aromatic N) is 1. The first-order chi connectivity index (χ1) is 6.74. The molecule has 0 spiro atoms. The lowest BCUT2D eigenvalue weighted by Gasteiger charge is -1.96. The molecule has 72 valence electrons. The molecule has 0 saturated carbocycles. The van der Waals surface area contributed by atoms with E-state index in [1.54, 1.807) is 11.4 Å². The van der Waals surface area contributed by atoms with E-state index in [4.69, 9.17) is 11.6 Å². The number of benzene rings is 1. The summed E-state index contributed by atoms with van der Waals surface area (Å²) < 4.78 is 13.6. The highest BCUT2D eigenvalue weighted by atomic mass is 35.5. The second kappa shape index (κ2) is 4.29. The van der Waals surface area contributed by atoms with Gasteiger partial charge in [0.15, 0.2) is 4.34 Å². The van der Waals surface area contributed by atoms with E-state index in [1.165, 1.54) is 35.2 Å². The van der Waals surface area contributed by atoms with Crippen LogP contribution in [-0.2, 0) is 0 Å². The fourth-order valence-electron chi connectivity index (χ4n) is 0.917. The molecular weight excluding hydrogens is 241 g/mol. The molecule has 0 fully saturated rings. The van der Waals surface area contributed by atoms with Crippen LogP contribution in [0.4, 0.5) is 4.39 Å². The third-order valence-electron chi connectivity index (χ3n) is 1.46. The number of rotatable bonds is 2. The summed E-state index contributed by atoms with van der Waals surface area (Å²) in [5, 5.41) is 2.23. The van der Waals surface area contributed by atoms with Crippen molar-refractivity contribution in [2.45, 2.75) is 9.24 Å². The van der Waals surface area contributed by atoms with Crippen molar-refractivity contribution in [3.8, 4) is 0 Å². The van der Waals surface area contributed by atoms with Crippen LogP contribution < -0.4 is 0 Å². The van der Waals surface area contributed by atoms with E-state index in [0.29, 0.717) is 5.15 Å². The van der Waals surface area contributed by atoms with Crippen molar-refractivity contribution in [2.24, 2.45) is 0 Å². The largest absolute Gasteiger partial charge is 0.218 e. The van der Waals surface area contributed by atoms with Gasteiger partial charge in [-0.1, -0.05) is 29.4 Å². The molecule has 0 atom stereocenters. The molecule has 5 heteroatoms. The maximum absolute atomic E-state index is 12.8. The molecule has 2 aromatic rings. The molecule has 1 aromatic carbocycles. The van der Waals surface area contributed by atoms with Crippen molar-refractivity contribution in [1.82, 2.24) is 4.98 Å². The predicted octanol–water partition coefficient (Wildman–Crippen LogP) is 4.09. The zero-order valence-electron chi connectivity index (χ0n) is 6.91. The minimum Gasteiger partial charge on any atom is -0.218 e. The lowest BCUT2D eigenvalue weighted by Crippen LogP contribution is -1.75. The van der Waals surface area contributed by atoms with Crippen molar-refractivity contribution >= 4 is 34.7 Å². The van der Waals surface area contributed by atoms with Crippen LogP contribution in [0.3, 0.4) is 0 Å². The minimum atomic E-state index is -0.238. The number of halogens is 2. The summed E-state index contributed by atoms with van der Waals surface area (Å²) in [4.78, 5) is 4.89. The highest BCUT2D eigenvalue weighted by Gasteiger charge is 2.02. The van der Waals surface area contributed by atoms with Gasteiger partial charge in [-0.3, -0.25) is 0 Å². The Kier molecular flexibility index (Phi) is 3.05. The van der Waals surface area contributed by atoms with Crippen molar-refractivity contribution < 1.29 is 4.39 Å². The van der Waals surface area contributed by atoms with Gasteiger partial charge in [0.05, 0.1) is 0 Å². The van der Waals surface area contributed by atoms with Crippen LogP contribution in [0, 0.1) is 5.82 Å². The average Bonchev–Trinajstić information content (AvgIpc) is 2.51. The smallest absolute Gasteiger partial charge is 0.156 e. The van der Waals surface area contributed by atoms with Gasteiger partial charge in [0.25, 0.3) is 0 Å². The van der Waals surface area contributed by atoms with E-state index < -0.39 is 0 Å². The van der Waals surface area contributed by atoms with Crippen LogP contribution in [0.5, 0.6) is 0 Å². The SMILES string of the molecule is Fc1cccc(Sc2nc(Cl)cs2)c1. The lowest BCUT2D eigenvalue weighted by molar-refractivity contribution is 0.624. The molecule has 0 saturated heterocycles. The van der Waals surface area contributed by atoms with Gasteiger partial charge < -0.3 is 0 Å². The Morgan fingerprint density at radius 3 is 2.93 bits per heavy atom. The van der Waals surface area contributed by atoms with Crippen molar-refractivity contribution in [2.75, 3.05) is 0 Å². The van der Waals surface area contributed by atoms with Gasteiger partial charge in [-0.2, -0.15) is 0 Å². The van der Waals surface area contributed by atoms with Crippen molar-refractivity contribution in [1.29, 1.82) is 0 Å². The van der Waals surface area contributed by atoms with E-state index in [9.17, 15) is 4.39 Å². The van der Waals surface area contributed by atoms with Crippen LogP contribution in [-0.4, -0.2) is 4.98 Å². The molecule has 0 N–H and O–H groups in total. The third-order valence-corrected chi connectivity index (χ3v) is 3.71. The topological polar surface area (TPSA) is 12.9 Å². The van der Waals surface area contributed by atoms with E-state index in [0.717, 1.165) is 9.24 Å². The van der Waals surface area contributed by atoms with E-state index in [-0.39, 0.29) is 5.82 Å². The lowest BCUT2D eigenvalue weighted by atomic mass is 10.4. The second-order valence-electron chi connectivity index (χ2n) is 2.50. The summed E-state index contributed by atoms with van der Waals surface area (Å²) in [5.74, 6) is -0.238. The summed E-state index contributed by atoms with van der Waals surface area (Å²) in [6, 6.07) is 6.40. The molecule has 2 rings (SSSR count). The zero-order valence-corrected chi connectivity index (χ0v) is 9.30. The van der Waals surface area contributed by atoms with Gasteiger partial charge in [-0.25, -0.2) is 9.37 Å². The Balaban J connectivity index is 2.18. The van der Waals surface area contributed by atoms with Crippen LogP contribution in [0.25, 0.3) is 0 Å². The third kappa shape index (κ3) is 2.47. The molecule has 0 radical (unpaired) electrons. The zero-order chi connectivity index (χ0) is 9.97. The molecule has 0 aliphatic rings. The highest BCUT2D eigenvalue weighted by molar-refractivity contribution is 8.01. The molecule has 0 bridgehead atoms. The Bertz CT molecular complexity index is 444. The number of aromatic nitrogens is 1. The second-order valence-corrected chi connectivity index (χ2v) is 5.06.